The minimum Gasteiger partial charge on any atom is -0.0591 e. The first kappa shape index (κ1) is 12.6. The molecule has 2 rings (SSSR count). The molecule has 17 heavy (non-hydrogen) atoms. The van der Waals surface area contributed by atoms with Gasteiger partial charge in [0.2, 0.25) is 0 Å². The first-order valence-electron chi connectivity index (χ1n) is 5.96. The van der Waals surface area contributed by atoms with E-state index in [9.17, 15) is 0 Å². The van der Waals surface area contributed by atoms with Gasteiger partial charge in [-0.25, -0.2) is 0 Å². The van der Waals surface area contributed by atoms with Crippen molar-refractivity contribution in [1.82, 2.24) is 0 Å². The SMILES string of the molecule is Cc1ccc(CCc2ccc(C)c(I)c2)cc1. The third kappa shape index (κ3) is 3.56. The van der Waals surface area contributed by atoms with Crippen LogP contribution >= 0.6 is 22.6 Å². The Morgan fingerprint density at radius 3 is 2.06 bits per heavy atom. The van der Waals surface area contributed by atoms with Gasteiger partial charge in [-0.15, -0.1) is 0 Å². The number of hydrogen-bond acceptors (Lipinski definition) is 0. The molecule has 0 spiro atoms. The molecule has 0 aromatic heterocycles. The van der Waals surface area contributed by atoms with Gasteiger partial charge in [0.05, 0.1) is 0 Å². The van der Waals surface area contributed by atoms with Crippen LogP contribution in [-0.2, 0) is 12.8 Å². The third-order valence-electron chi connectivity index (χ3n) is 3.06. The van der Waals surface area contributed by atoms with Crippen molar-refractivity contribution in [3.63, 3.8) is 0 Å². The van der Waals surface area contributed by atoms with Gasteiger partial charge in [0.1, 0.15) is 0 Å². The molecule has 0 saturated carbocycles. The molecule has 2 aromatic rings. The van der Waals surface area contributed by atoms with Crippen molar-refractivity contribution in [1.29, 1.82) is 0 Å². The molecule has 0 aliphatic heterocycles. The van der Waals surface area contributed by atoms with Gasteiger partial charge in [0.15, 0.2) is 0 Å². The van der Waals surface area contributed by atoms with Crippen LogP contribution in [0.4, 0.5) is 0 Å². The van der Waals surface area contributed by atoms with Crippen LogP contribution in [0.15, 0.2) is 42.5 Å². The molecule has 1 heteroatoms. The van der Waals surface area contributed by atoms with E-state index in [-0.39, 0.29) is 0 Å². The van der Waals surface area contributed by atoms with Crippen LogP contribution in [0, 0.1) is 17.4 Å². The van der Waals surface area contributed by atoms with Gasteiger partial charge in [-0.3, -0.25) is 0 Å². The predicted molar refractivity (Wildman–Crippen MR) is 82.5 cm³/mol. The van der Waals surface area contributed by atoms with Gasteiger partial charge in [-0.2, -0.15) is 0 Å². The summed E-state index contributed by atoms with van der Waals surface area (Å²) >= 11 is 2.41. The van der Waals surface area contributed by atoms with Gasteiger partial charge >= 0.3 is 0 Å². The summed E-state index contributed by atoms with van der Waals surface area (Å²) in [5, 5.41) is 0. The third-order valence-corrected chi connectivity index (χ3v) is 4.22. The summed E-state index contributed by atoms with van der Waals surface area (Å²) in [4.78, 5) is 0. The van der Waals surface area contributed by atoms with Crippen LogP contribution < -0.4 is 0 Å². The monoisotopic (exact) mass is 336 g/mol. The quantitative estimate of drug-likeness (QED) is 0.713. The summed E-state index contributed by atoms with van der Waals surface area (Å²) in [5.41, 5.74) is 5.55. The van der Waals surface area contributed by atoms with Crippen molar-refractivity contribution in [3.8, 4) is 0 Å². The van der Waals surface area contributed by atoms with E-state index in [0.717, 1.165) is 12.8 Å². The average molecular weight is 336 g/mol. The summed E-state index contributed by atoms with van der Waals surface area (Å²) in [6.07, 6.45) is 2.25. The second kappa shape index (κ2) is 5.67. The predicted octanol–water partition coefficient (Wildman–Crippen LogP) is 4.69. The van der Waals surface area contributed by atoms with E-state index in [2.05, 4.69) is 78.9 Å². The lowest BCUT2D eigenvalue weighted by Gasteiger charge is -2.05. The summed E-state index contributed by atoms with van der Waals surface area (Å²) in [7, 11) is 0. The normalized spacial score (nSPS) is 10.5. The zero-order chi connectivity index (χ0) is 12.3. The molecule has 0 nitrogen and oxygen atoms in total. The smallest absolute Gasteiger partial charge is 0.0162 e. The van der Waals surface area contributed by atoms with Crippen molar-refractivity contribution in [2.24, 2.45) is 0 Å². The standard InChI is InChI=1S/C16H17I/c1-12-3-6-14(7-4-12)9-10-15-8-5-13(2)16(17)11-15/h3-8,11H,9-10H2,1-2H3. The van der Waals surface area contributed by atoms with Crippen LogP contribution in [0.5, 0.6) is 0 Å². The second-order valence-electron chi connectivity index (χ2n) is 4.57. The van der Waals surface area contributed by atoms with Gasteiger partial charge in [-0.05, 0) is 72.0 Å². The molecule has 0 unspecified atom stereocenters. The van der Waals surface area contributed by atoms with Gasteiger partial charge in [0.25, 0.3) is 0 Å². The number of aryl methyl sites for hydroxylation is 4. The minimum absolute atomic E-state index is 1.12. The highest BCUT2D eigenvalue weighted by Crippen LogP contribution is 2.15. The summed E-state index contributed by atoms with van der Waals surface area (Å²) < 4.78 is 1.36. The molecule has 0 fully saturated rings. The van der Waals surface area contributed by atoms with Crippen LogP contribution in [0.3, 0.4) is 0 Å². The lowest BCUT2D eigenvalue weighted by atomic mass is 10.0. The molecular formula is C16H17I. The van der Waals surface area contributed by atoms with Crippen molar-refractivity contribution in [2.45, 2.75) is 26.7 Å². The Balaban J connectivity index is 2.02. The highest BCUT2D eigenvalue weighted by molar-refractivity contribution is 14.1. The van der Waals surface area contributed by atoms with E-state index >= 15 is 0 Å². The highest BCUT2D eigenvalue weighted by Gasteiger charge is 1.99. The molecule has 0 aliphatic carbocycles. The molecule has 0 saturated heterocycles. The Kier molecular flexibility index (Phi) is 4.21. The zero-order valence-corrected chi connectivity index (χ0v) is 12.5. The second-order valence-corrected chi connectivity index (χ2v) is 5.73. The topological polar surface area (TPSA) is 0 Å². The van der Waals surface area contributed by atoms with E-state index in [1.165, 1.54) is 25.8 Å². The van der Waals surface area contributed by atoms with Crippen molar-refractivity contribution < 1.29 is 0 Å². The van der Waals surface area contributed by atoms with Crippen LogP contribution in [0.2, 0.25) is 0 Å². The fraction of sp³-hybridized carbons (Fsp3) is 0.250. The Labute approximate surface area is 117 Å². The van der Waals surface area contributed by atoms with Crippen molar-refractivity contribution >= 4 is 22.6 Å². The van der Waals surface area contributed by atoms with Crippen LogP contribution in [0.25, 0.3) is 0 Å². The Morgan fingerprint density at radius 2 is 1.41 bits per heavy atom. The Hall–Kier alpha value is -0.830. The van der Waals surface area contributed by atoms with E-state index in [1.54, 1.807) is 0 Å². The average Bonchev–Trinajstić information content (AvgIpc) is 2.33. The van der Waals surface area contributed by atoms with Crippen LogP contribution in [-0.4, -0.2) is 0 Å². The van der Waals surface area contributed by atoms with E-state index < -0.39 is 0 Å². The largest absolute Gasteiger partial charge is 0.0591 e. The van der Waals surface area contributed by atoms with Crippen molar-refractivity contribution in [3.05, 3.63) is 68.3 Å². The molecule has 0 bridgehead atoms. The molecule has 0 radical (unpaired) electrons. The Morgan fingerprint density at radius 1 is 0.824 bits per heavy atom. The van der Waals surface area contributed by atoms with Gasteiger partial charge in [0, 0.05) is 3.57 Å². The fourth-order valence-corrected chi connectivity index (χ4v) is 2.42. The molecular weight excluding hydrogens is 319 g/mol. The van der Waals surface area contributed by atoms with E-state index in [4.69, 9.17) is 0 Å². The first-order chi connectivity index (χ1) is 8.15. The molecule has 0 heterocycles. The van der Waals surface area contributed by atoms with Crippen molar-refractivity contribution in [2.75, 3.05) is 0 Å². The van der Waals surface area contributed by atoms with E-state index in [0.29, 0.717) is 0 Å². The maximum Gasteiger partial charge on any atom is 0.0162 e. The van der Waals surface area contributed by atoms with Gasteiger partial charge in [-0.1, -0.05) is 42.0 Å². The lowest BCUT2D eigenvalue weighted by Crippen LogP contribution is -1.93. The minimum atomic E-state index is 1.12. The summed E-state index contributed by atoms with van der Waals surface area (Å²) in [6, 6.07) is 15.6. The van der Waals surface area contributed by atoms with E-state index in [1.807, 2.05) is 0 Å². The maximum atomic E-state index is 2.41. The van der Waals surface area contributed by atoms with Crippen LogP contribution in [0.1, 0.15) is 22.3 Å². The maximum absolute atomic E-state index is 2.41. The summed E-state index contributed by atoms with van der Waals surface area (Å²) in [6.45, 7) is 4.29. The van der Waals surface area contributed by atoms with Gasteiger partial charge < -0.3 is 0 Å². The number of benzene rings is 2. The lowest BCUT2D eigenvalue weighted by molar-refractivity contribution is 0.957. The number of halogens is 1. The molecule has 0 aliphatic rings. The zero-order valence-electron chi connectivity index (χ0n) is 10.3. The first-order valence-corrected chi connectivity index (χ1v) is 7.03. The summed E-state index contributed by atoms with van der Waals surface area (Å²) in [5.74, 6) is 0. The number of rotatable bonds is 3. The highest BCUT2D eigenvalue weighted by atomic mass is 127. The fourth-order valence-electron chi connectivity index (χ4n) is 1.84. The molecule has 2 aromatic carbocycles. The molecule has 88 valence electrons. The Bertz CT molecular complexity index is 497. The number of hydrogen-bond donors (Lipinski definition) is 0. The molecule has 0 N–H and O–H groups in total. The molecule has 0 amide bonds. The molecule has 0 atom stereocenters.